The van der Waals surface area contributed by atoms with Gasteiger partial charge in [0.1, 0.15) is 0 Å². The summed E-state index contributed by atoms with van der Waals surface area (Å²) >= 11 is 2.07. The van der Waals surface area contributed by atoms with E-state index in [0.717, 1.165) is 56.5 Å². The predicted molar refractivity (Wildman–Crippen MR) is 234 cm³/mol. The fourth-order valence-electron chi connectivity index (χ4n) is 7.08. The summed E-state index contributed by atoms with van der Waals surface area (Å²) < 4.78 is 5.21. The van der Waals surface area contributed by atoms with Crippen LogP contribution in [0.5, 0.6) is 0 Å². The summed E-state index contributed by atoms with van der Waals surface area (Å²) in [6, 6.07) is 4.50. The maximum absolute atomic E-state index is 5.21. The van der Waals surface area contributed by atoms with Gasteiger partial charge in [0.2, 0.25) is 0 Å². The van der Waals surface area contributed by atoms with Crippen LogP contribution in [0, 0.1) is 0 Å². The number of rotatable bonds is 6. The van der Waals surface area contributed by atoms with Gasteiger partial charge in [0.15, 0.2) is 0 Å². The summed E-state index contributed by atoms with van der Waals surface area (Å²) in [6.07, 6.45) is 8.52. The molecule has 0 bridgehead atoms. The molecule has 6 saturated heterocycles. The molecule has 9 heteroatoms. The lowest BCUT2D eigenvalue weighted by Gasteiger charge is -2.34. The molecule has 6 aliphatic rings. The zero-order valence-corrected chi connectivity index (χ0v) is 38.2. The van der Waals surface area contributed by atoms with Gasteiger partial charge >= 0.3 is 0 Å². The van der Waals surface area contributed by atoms with Crippen LogP contribution in [0.2, 0.25) is 0 Å². The van der Waals surface area contributed by atoms with Crippen LogP contribution in [0.15, 0.2) is 0 Å². The van der Waals surface area contributed by atoms with Crippen LogP contribution in [0.1, 0.15) is 122 Å². The molecule has 0 saturated carbocycles. The molecule has 0 spiro atoms. The maximum atomic E-state index is 5.21. The molecule has 6 aliphatic heterocycles. The Labute approximate surface area is 331 Å². The van der Waals surface area contributed by atoms with Gasteiger partial charge in [-0.2, -0.15) is 11.8 Å². The fourth-order valence-corrected chi connectivity index (χ4v) is 8.01. The summed E-state index contributed by atoms with van der Waals surface area (Å²) in [5.41, 5.74) is 0. The Morgan fingerprint density at radius 1 is 0.327 bits per heavy atom. The Balaban J connectivity index is 0.000000313. The van der Waals surface area contributed by atoms with Crippen molar-refractivity contribution in [3.63, 3.8) is 0 Å². The van der Waals surface area contributed by atoms with Gasteiger partial charge in [-0.15, -0.1) is 0 Å². The van der Waals surface area contributed by atoms with Crippen LogP contribution >= 0.6 is 11.8 Å². The largest absolute Gasteiger partial charge is 0.379 e. The minimum absolute atomic E-state index is 0.689. The first-order valence-electron chi connectivity index (χ1n) is 22.0. The summed E-state index contributed by atoms with van der Waals surface area (Å²) in [5.74, 6) is 2.66. The Kier molecular flexibility index (Phi) is 29.1. The highest BCUT2D eigenvalue weighted by molar-refractivity contribution is 7.99. The highest BCUT2D eigenvalue weighted by Gasteiger charge is 2.17. The van der Waals surface area contributed by atoms with E-state index in [9.17, 15) is 0 Å². The van der Waals surface area contributed by atoms with Crippen molar-refractivity contribution in [2.75, 3.05) is 123 Å². The molecular formula is C43H93N7OS. The molecule has 0 N–H and O–H groups in total. The lowest BCUT2D eigenvalue weighted by molar-refractivity contribution is 0.0238. The predicted octanol–water partition coefficient (Wildman–Crippen LogP) is 7.28. The number of morpholine rings is 1. The third-order valence-electron chi connectivity index (χ3n) is 11.4. The van der Waals surface area contributed by atoms with E-state index in [4.69, 9.17) is 4.74 Å². The molecule has 52 heavy (non-hydrogen) atoms. The second kappa shape index (κ2) is 30.2. The first-order chi connectivity index (χ1) is 24.7. The first kappa shape index (κ1) is 50.0. The Morgan fingerprint density at radius 3 is 0.885 bits per heavy atom. The quantitative estimate of drug-likeness (QED) is 0.278. The van der Waals surface area contributed by atoms with Crippen molar-refractivity contribution in [2.45, 2.75) is 158 Å². The Morgan fingerprint density at radius 2 is 0.615 bits per heavy atom. The molecule has 0 aromatic rings. The second-order valence-corrected chi connectivity index (χ2v) is 18.7. The first-order valence-corrected chi connectivity index (χ1v) is 23.2. The summed E-state index contributed by atoms with van der Waals surface area (Å²) in [5, 5.41) is 0. The zero-order chi connectivity index (χ0) is 38.9. The number of likely N-dealkylation sites (tertiary alicyclic amines) is 3. The van der Waals surface area contributed by atoms with Gasteiger partial charge in [-0.25, -0.2) is 0 Å². The number of nitrogens with zero attached hydrogens (tertiary/aromatic N) is 7. The molecule has 0 amide bonds. The van der Waals surface area contributed by atoms with Gasteiger partial charge in [0, 0.05) is 100 Å². The molecule has 8 nitrogen and oxygen atoms in total. The van der Waals surface area contributed by atoms with Crippen LogP contribution in [-0.4, -0.2) is 194 Å². The summed E-state index contributed by atoms with van der Waals surface area (Å²) in [4.78, 5) is 17.4. The summed E-state index contributed by atoms with van der Waals surface area (Å²) in [7, 11) is 2.19. The molecule has 0 radical (unpaired) electrons. The lowest BCUT2D eigenvalue weighted by atomic mass is 10.1. The molecule has 6 fully saturated rings. The fraction of sp³-hybridized carbons (Fsp3) is 1.00. The molecular weight excluding hydrogens is 663 g/mol. The third kappa shape index (κ3) is 23.8. The standard InChI is InChI=1S/C8H18N2.C8H17N.C7H15NO.C7H15NS.C7H15N.C6H13N/c1-8(2)10-6-4-9(3)5-7-10;1-8(2)9-6-4-3-5-7-9;2*1-7(2)8-3-5-9-6-4-8;1-7(2)8-5-3-4-6-8;1-6(2)7-4-3-5-7/h8H,4-7H2,1-3H3;8H,3-7H2,1-2H3;2*7H,3-6H2,1-2H3;7H,3-6H2,1-2H3;6H,3-5H2,1-2H3. The van der Waals surface area contributed by atoms with E-state index in [0.29, 0.717) is 6.04 Å². The zero-order valence-electron chi connectivity index (χ0n) is 37.4. The van der Waals surface area contributed by atoms with Crippen LogP contribution in [0.3, 0.4) is 0 Å². The molecule has 0 aromatic carbocycles. The van der Waals surface area contributed by atoms with Crippen LogP contribution in [-0.2, 0) is 4.74 Å². The highest BCUT2D eigenvalue weighted by atomic mass is 32.2. The molecule has 0 aliphatic carbocycles. The minimum atomic E-state index is 0.689. The number of thioether (sulfide) groups is 1. The Bertz CT molecular complexity index is 726. The second-order valence-electron chi connectivity index (χ2n) is 17.4. The smallest absolute Gasteiger partial charge is 0.0594 e. The topological polar surface area (TPSA) is 31.9 Å². The van der Waals surface area contributed by atoms with E-state index in [1.54, 1.807) is 0 Å². The van der Waals surface area contributed by atoms with Crippen LogP contribution in [0.4, 0.5) is 0 Å². The van der Waals surface area contributed by atoms with Gasteiger partial charge in [-0.1, -0.05) is 6.42 Å². The SMILES string of the molecule is CC(C)N1CCC1.CC(C)N1CCCC1.CC(C)N1CCCCC1.CC(C)N1CCN(C)CC1.CC(C)N1CCOCC1.CC(C)N1CCSCC1. The Hall–Kier alpha value is 0.0300. The van der Waals surface area contributed by atoms with E-state index >= 15 is 0 Å². The van der Waals surface area contributed by atoms with Crippen molar-refractivity contribution in [1.82, 2.24) is 34.3 Å². The van der Waals surface area contributed by atoms with Gasteiger partial charge in [-0.3, -0.25) is 14.7 Å². The van der Waals surface area contributed by atoms with Gasteiger partial charge < -0.3 is 24.3 Å². The van der Waals surface area contributed by atoms with E-state index in [1.165, 1.54) is 129 Å². The van der Waals surface area contributed by atoms with Crippen LogP contribution < -0.4 is 0 Å². The number of ether oxygens (including phenoxy) is 1. The summed E-state index contributed by atoms with van der Waals surface area (Å²) in [6.45, 7) is 46.7. The molecule has 6 rings (SSSR count). The average Bonchev–Trinajstić information content (AvgIpc) is 3.66. The van der Waals surface area contributed by atoms with Gasteiger partial charge in [-0.05, 0) is 162 Å². The molecule has 0 aromatic heterocycles. The lowest BCUT2D eigenvalue weighted by Crippen LogP contribution is -2.47. The molecule has 6 heterocycles. The molecule has 0 atom stereocenters. The minimum Gasteiger partial charge on any atom is -0.379 e. The molecule has 312 valence electrons. The maximum Gasteiger partial charge on any atom is 0.0594 e. The number of piperazine rings is 1. The van der Waals surface area contributed by atoms with E-state index in [2.05, 4.69) is 136 Å². The normalized spacial score (nSPS) is 23.1. The van der Waals surface area contributed by atoms with E-state index in [1.807, 2.05) is 0 Å². The third-order valence-corrected chi connectivity index (χ3v) is 12.4. The highest BCUT2D eigenvalue weighted by Crippen LogP contribution is 2.13. The number of likely N-dealkylation sites (N-methyl/N-ethyl adjacent to an activating group) is 1. The van der Waals surface area contributed by atoms with E-state index < -0.39 is 0 Å². The van der Waals surface area contributed by atoms with Crippen molar-refractivity contribution < 1.29 is 4.74 Å². The van der Waals surface area contributed by atoms with Crippen molar-refractivity contribution in [3.8, 4) is 0 Å². The van der Waals surface area contributed by atoms with Gasteiger partial charge in [0.05, 0.1) is 13.2 Å². The van der Waals surface area contributed by atoms with E-state index in [-0.39, 0.29) is 0 Å². The molecule has 0 unspecified atom stereocenters. The van der Waals surface area contributed by atoms with Crippen molar-refractivity contribution >= 4 is 11.8 Å². The number of piperidine rings is 1. The number of hydrogen-bond acceptors (Lipinski definition) is 9. The number of hydrogen-bond donors (Lipinski definition) is 0. The van der Waals surface area contributed by atoms with Crippen molar-refractivity contribution in [1.29, 1.82) is 0 Å². The van der Waals surface area contributed by atoms with Gasteiger partial charge in [0.25, 0.3) is 0 Å². The average molecular weight is 756 g/mol. The monoisotopic (exact) mass is 756 g/mol. The van der Waals surface area contributed by atoms with Crippen molar-refractivity contribution in [2.24, 2.45) is 0 Å². The van der Waals surface area contributed by atoms with Crippen LogP contribution in [0.25, 0.3) is 0 Å². The van der Waals surface area contributed by atoms with Crippen molar-refractivity contribution in [3.05, 3.63) is 0 Å².